The number of carbonyl (C=O) groups excluding carboxylic acids is 1. The zero-order chi connectivity index (χ0) is 17.0. The van der Waals surface area contributed by atoms with E-state index in [1.54, 1.807) is 0 Å². The number of carbonyl (C=O) groups is 1. The van der Waals surface area contributed by atoms with Crippen LogP contribution in [0.15, 0.2) is 24.3 Å². The summed E-state index contributed by atoms with van der Waals surface area (Å²) in [4.78, 5) is 12.6. The molecule has 0 radical (unpaired) electrons. The fraction of sp³-hybridized carbons (Fsp3) is 0.588. The maximum Gasteiger partial charge on any atom is 0.224 e. The number of sulfonamides is 1. The Morgan fingerprint density at radius 1 is 1.39 bits per heavy atom. The third kappa shape index (κ3) is 4.54. The van der Waals surface area contributed by atoms with Crippen LogP contribution in [-0.4, -0.2) is 38.0 Å². The second-order valence-electron chi connectivity index (χ2n) is 6.29. The summed E-state index contributed by atoms with van der Waals surface area (Å²) in [7, 11) is -3.23. The fourth-order valence-corrected chi connectivity index (χ4v) is 4.04. The van der Waals surface area contributed by atoms with Gasteiger partial charge in [0.05, 0.1) is 18.2 Å². The predicted octanol–water partition coefficient (Wildman–Crippen LogP) is 2.23. The maximum absolute atomic E-state index is 12.6. The van der Waals surface area contributed by atoms with Crippen molar-refractivity contribution in [2.75, 3.05) is 19.3 Å². The van der Waals surface area contributed by atoms with Crippen LogP contribution in [0.3, 0.4) is 0 Å². The summed E-state index contributed by atoms with van der Waals surface area (Å²) in [5.74, 6) is -0.315. The van der Waals surface area contributed by atoms with Crippen molar-refractivity contribution in [1.29, 1.82) is 0 Å². The van der Waals surface area contributed by atoms with Crippen LogP contribution in [0.2, 0.25) is 0 Å². The Morgan fingerprint density at radius 2 is 2.09 bits per heavy atom. The van der Waals surface area contributed by atoms with Gasteiger partial charge in [0.25, 0.3) is 0 Å². The summed E-state index contributed by atoms with van der Waals surface area (Å²) in [5, 5.41) is 3.11. The molecule has 0 saturated carbocycles. The van der Waals surface area contributed by atoms with Crippen LogP contribution in [0.4, 0.5) is 0 Å². The second kappa shape index (κ2) is 7.45. The molecule has 1 aromatic carbocycles. The largest absolute Gasteiger partial charge is 0.349 e. The topological polar surface area (TPSA) is 66.5 Å². The number of piperidine rings is 1. The number of aryl methyl sites for hydroxylation is 1. The molecule has 0 unspecified atom stereocenters. The lowest BCUT2D eigenvalue weighted by Gasteiger charge is -2.31. The Bertz CT molecular complexity index is 658. The smallest absolute Gasteiger partial charge is 0.224 e. The van der Waals surface area contributed by atoms with Crippen LogP contribution >= 0.6 is 0 Å². The summed E-state index contributed by atoms with van der Waals surface area (Å²) >= 11 is 0. The highest BCUT2D eigenvalue weighted by Gasteiger charge is 2.31. The van der Waals surface area contributed by atoms with Crippen molar-refractivity contribution in [1.82, 2.24) is 9.62 Å². The number of nitrogens with one attached hydrogen (secondary N) is 1. The van der Waals surface area contributed by atoms with Crippen LogP contribution in [0, 0.1) is 12.8 Å². The molecule has 6 heteroatoms. The normalized spacial score (nSPS) is 20.9. The van der Waals surface area contributed by atoms with Crippen LogP contribution < -0.4 is 5.32 Å². The van der Waals surface area contributed by atoms with Gasteiger partial charge in [-0.3, -0.25) is 4.79 Å². The van der Waals surface area contributed by atoms with E-state index >= 15 is 0 Å². The minimum Gasteiger partial charge on any atom is -0.349 e. The van der Waals surface area contributed by atoms with Gasteiger partial charge in [0.1, 0.15) is 0 Å². The molecule has 1 saturated heterocycles. The summed E-state index contributed by atoms with van der Waals surface area (Å²) in [6.07, 6.45) is 3.48. The first-order valence-corrected chi connectivity index (χ1v) is 9.98. The second-order valence-corrected chi connectivity index (χ2v) is 8.27. The number of hydrogen-bond donors (Lipinski definition) is 1. The van der Waals surface area contributed by atoms with E-state index in [2.05, 4.69) is 5.32 Å². The minimum absolute atomic E-state index is 0.0303. The number of benzene rings is 1. The van der Waals surface area contributed by atoms with Crippen molar-refractivity contribution < 1.29 is 13.2 Å². The Labute approximate surface area is 139 Å². The van der Waals surface area contributed by atoms with E-state index < -0.39 is 10.0 Å². The molecule has 0 aliphatic carbocycles. The summed E-state index contributed by atoms with van der Waals surface area (Å²) in [6.45, 7) is 4.88. The highest BCUT2D eigenvalue weighted by Crippen LogP contribution is 2.23. The third-order valence-corrected chi connectivity index (χ3v) is 5.78. The van der Waals surface area contributed by atoms with Crippen molar-refractivity contribution in [2.24, 2.45) is 5.92 Å². The van der Waals surface area contributed by atoms with Gasteiger partial charge in [-0.05, 0) is 37.3 Å². The molecule has 1 fully saturated rings. The molecule has 0 bridgehead atoms. The van der Waals surface area contributed by atoms with Crippen molar-refractivity contribution in [3.8, 4) is 0 Å². The van der Waals surface area contributed by atoms with Gasteiger partial charge in [0.15, 0.2) is 0 Å². The Morgan fingerprint density at radius 3 is 2.70 bits per heavy atom. The highest BCUT2D eigenvalue weighted by atomic mass is 32.2. The number of amides is 1. The fourth-order valence-electron chi connectivity index (χ4n) is 3.12. The standard InChI is InChI=1S/C17H26N2O3S/c1-4-16(15-10-6-5-8-13(15)2)18-17(20)14-9-7-11-19(12-14)23(3,21)22/h5-6,8,10,14,16H,4,7,9,11-12H2,1-3H3,(H,18,20)/t14-,16-/m1/s1. The Balaban J connectivity index is 2.07. The van der Waals surface area contributed by atoms with Gasteiger partial charge in [0.2, 0.25) is 15.9 Å². The lowest BCUT2D eigenvalue weighted by Crippen LogP contribution is -2.45. The van der Waals surface area contributed by atoms with E-state index in [0.29, 0.717) is 6.54 Å². The Kier molecular flexibility index (Phi) is 5.81. The molecule has 128 valence electrons. The van der Waals surface area contributed by atoms with Crippen LogP contribution in [-0.2, 0) is 14.8 Å². The average molecular weight is 338 g/mol. The molecule has 1 aliphatic rings. The molecule has 0 spiro atoms. The molecular weight excluding hydrogens is 312 g/mol. The molecule has 5 nitrogen and oxygen atoms in total. The highest BCUT2D eigenvalue weighted by molar-refractivity contribution is 7.88. The molecule has 1 N–H and O–H groups in total. The molecule has 1 aliphatic heterocycles. The molecule has 2 atom stereocenters. The summed E-state index contributed by atoms with van der Waals surface area (Å²) in [6, 6.07) is 8.00. The molecule has 0 aromatic heterocycles. The molecule has 2 rings (SSSR count). The average Bonchev–Trinajstić information content (AvgIpc) is 2.52. The van der Waals surface area contributed by atoms with Gasteiger partial charge < -0.3 is 5.32 Å². The van der Waals surface area contributed by atoms with Gasteiger partial charge in [-0.2, -0.15) is 0 Å². The van der Waals surface area contributed by atoms with Crippen LogP contribution in [0.25, 0.3) is 0 Å². The van der Waals surface area contributed by atoms with Gasteiger partial charge in [0, 0.05) is 13.1 Å². The van der Waals surface area contributed by atoms with E-state index in [0.717, 1.165) is 30.4 Å². The van der Waals surface area contributed by atoms with E-state index in [1.165, 1.54) is 10.6 Å². The van der Waals surface area contributed by atoms with Gasteiger partial charge >= 0.3 is 0 Å². The van der Waals surface area contributed by atoms with Crippen LogP contribution in [0.5, 0.6) is 0 Å². The van der Waals surface area contributed by atoms with Crippen molar-refractivity contribution >= 4 is 15.9 Å². The zero-order valence-corrected chi connectivity index (χ0v) is 14.9. The molecule has 1 aromatic rings. The van der Waals surface area contributed by atoms with Crippen molar-refractivity contribution in [3.05, 3.63) is 35.4 Å². The van der Waals surface area contributed by atoms with Gasteiger partial charge in [-0.1, -0.05) is 31.2 Å². The summed E-state index contributed by atoms with van der Waals surface area (Å²) in [5.41, 5.74) is 2.28. The predicted molar refractivity (Wildman–Crippen MR) is 91.5 cm³/mol. The first-order valence-electron chi connectivity index (χ1n) is 8.14. The molecule has 1 heterocycles. The first-order chi connectivity index (χ1) is 10.8. The summed E-state index contributed by atoms with van der Waals surface area (Å²) < 4.78 is 24.8. The quantitative estimate of drug-likeness (QED) is 0.895. The monoisotopic (exact) mass is 338 g/mol. The van der Waals surface area contributed by atoms with Gasteiger partial charge in [-0.15, -0.1) is 0 Å². The van der Waals surface area contributed by atoms with E-state index in [4.69, 9.17) is 0 Å². The first kappa shape index (κ1) is 17.9. The molecular formula is C17H26N2O3S. The number of hydrogen-bond acceptors (Lipinski definition) is 3. The van der Waals surface area contributed by atoms with Crippen LogP contribution in [0.1, 0.15) is 43.4 Å². The SMILES string of the molecule is CC[C@@H](NC(=O)[C@@H]1CCCN(S(C)(=O)=O)C1)c1ccccc1C. The van der Waals surface area contributed by atoms with E-state index in [9.17, 15) is 13.2 Å². The number of nitrogens with zero attached hydrogens (tertiary/aromatic N) is 1. The van der Waals surface area contributed by atoms with Gasteiger partial charge in [-0.25, -0.2) is 12.7 Å². The third-order valence-electron chi connectivity index (χ3n) is 4.51. The molecule has 23 heavy (non-hydrogen) atoms. The molecule has 1 amide bonds. The van der Waals surface area contributed by atoms with E-state index in [1.807, 2.05) is 38.1 Å². The van der Waals surface area contributed by atoms with Crippen molar-refractivity contribution in [2.45, 2.75) is 39.2 Å². The lowest BCUT2D eigenvalue weighted by molar-refractivity contribution is -0.126. The lowest BCUT2D eigenvalue weighted by atomic mass is 9.95. The van der Waals surface area contributed by atoms with E-state index in [-0.39, 0.29) is 24.4 Å². The minimum atomic E-state index is -3.23. The van der Waals surface area contributed by atoms with Crippen molar-refractivity contribution in [3.63, 3.8) is 0 Å². The number of rotatable bonds is 5. The zero-order valence-electron chi connectivity index (χ0n) is 14.1. The Hall–Kier alpha value is -1.40. The maximum atomic E-state index is 12.6.